The lowest BCUT2D eigenvalue weighted by Gasteiger charge is -2.17. The Morgan fingerprint density at radius 1 is 0.905 bits per heavy atom. The molecule has 21 heavy (non-hydrogen) atoms. The lowest BCUT2D eigenvalue weighted by molar-refractivity contribution is -0.135. The van der Waals surface area contributed by atoms with Crippen molar-refractivity contribution < 1.29 is 13.6 Å². The second kappa shape index (κ2) is 13.5. The van der Waals surface area contributed by atoms with Crippen molar-refractivity contribution in [1.29, 1.82) is 0 Å². The molecule has 5 heteroatoms. The van der Waals surface area contributed by atoms with E-state index in [4.69, 9.17) is 8.85 Å². The first-order chi connectivity index (χ1) is 9.95. The first-order valence-electron chi connectivity index (χ1n) is 8.75. The molecule has 0 aromatic heterocycles. The fourth-order valence-corrected chi connectivity index (χ4v) is 4.08. The monoisotopic (exact) mass is 332 g/mol. The minimum Gasteiger partial charge on any atom is -0.520 e. The molecular formula is C16H36O3Si2. The highest BCUT2D eigenvalue weighted by molar-refractivity contribution is 6.71. The normalized spacial score (nSPS) is 12.2. The van der Waals surface area contributed by atoms with Crippen molar-refractivity contribution in [2.75, 3.05) is 6.61 Å². The number of carbonyl (C=O) groups excluding carboxylic acids is 1. The number of carbonyl (C=O) groups is 1. The Balaban J connectivity index is 3.17. The lowest BCUT2D eigenvalue weighted by Crippen LogP contribution is -2.28. The van der Waals surface area contributed by atoms with Crippen molar-refractivity contribution in [2.24, 2.45) is 0 Å². The van der Waals surface area contributed by atoms with Gasteiger partial charge in [-0.1, -0.05) is 44.9 Å². The third-order valence-corrected chi connectivity index (χ3v) is 5.62. The highest BCUT2D eigenvalue weighted by atomic mass is 28.4. The summed E-state index contributed by atoms with van der Waals surface area (Å²) in [4.78, 5) is 11.5. The molecule has 0 aliphatic rings. The smallest absolute Gasteiger partial charge is 0.292 e. The van der Waals surface area contributed by atoms with Crippen LogP contribution < -0.4 is 0 Å². The van der Waals surface area contributed by atoms with Crippen molar-refractivity contribution in [2.45, 2.75) is 90.4 Å². The zero-order chi connectivity index (χ0) is 16.0. The van der Waals surface area contributed by atoms with E-state index >= 15 is 0 Å². The van der Waals surface area contributed by atoms with Crippen LogP contribution in [0, 0.1) is 0 Å². The highest BCUT2D eigenvalue weighted by Gasteiger charge is 2.19. The van der Waals surface area contributed by atoms with Crippen LogP contribution in [0.2, 0.25) is 25.7 Å². The molecule has 0 radical (unpaired) electrons. The number of hydrogen-bond donors (Lipinski definition) is 0. The Kier molecular flexibility index (Phi) is 13.4. The second-order valence-electron chi connectivity index (χ2n) is 6.72. The topological polar surface area (TPSA) is 35.5 Å². The minimum atomic E-state index is -1.68. The van der Waals surface area contributed by atoms with Gasteiger partial charge in [0.25, 0.3) is 5.97 Å². The molecule has 0 amide bonds. The second-order valence-corrected chi connectivity index (χ2v) is 12.7. The van der Waals surface area contributed by atoms with E-state index in [0.717, 1.165) is 19.4 Å². The minimum absolute atomic E-state index is 0.00707. The predicted octanol–water partition coefficient (Wildman–Crippen LogP) is 4.41. The molecule has 0 N–H and O–H groups in total. The van der Waals surface area contributed by atoms with Crippen LogP contribution in [-0.4, -0.2) is 30.7 Å². The standard InChI is InChI=1S/C16H36O3Si2/c1-5-18-20-15-13-11-9-7-6-8-10-12-14-16(17)19-21(2,3)4/h5-15,20H2,1-4H3. The van der Waals surface area contributed by atoms with Crippen molar-refractivity contribution >= 4 is 24.0 Å². The van der Waals surface area contributed by atoms with E-state index in [0.29, 0.717) is 6.42 Å². The molecule has 0 aliphatic carbocycles. The molecule has 0 saturated carbocycles. The quantitative estimate of drug-likeness (QED) is 0.349. The van der Waals surface area contributed by atoms with Gasteiger partial charge in [0.05, 0.1) is 0 Å². The zero-order valence-corrected chi connectivity index (χ0v) is 17.1. The van der Waals surface area contributed by atoms with Crippen LogP contribution in [0.15, 0.2) is 0 Å². The van der Waals surface area contributed by atoms with E-state index in [9.17, 15) is 4.79 Å². The summed E-state index contributed by atoms with van der Waals surface area (Å²) in [6.45, 7) is 9.15. The molecule has 0 fully saturated rings. The fourth-order valence-electron chi connectivity index (χ4n) is 2.25. The van der Waals surface area contributed by atoms with Gasteiger partial charge in [0, 0.05) is 13.0 Å². The molecule has 0 rings (SSSR count). The maximum absolute atomic E-state index is 11.5. The van der Waals surface area contributed by atoms with Crippen LogP contribution >= 0.6 is 0 Å². The van der Waals surface area contributed by atoms with Gasteiger partial charge in [-0.15, -0.1) is 0 Å². The average Bonchev–Trinajstić information content (AvgIpc) is 2.38. The molecular weight excluding hydrogens is 296 g/mol. The van der Waals surface area contributed by atoms with Crippen LogP contribution in [0.3, 0.4) is 0 Å². The summed E-state index contributed by atoms with van der Waals surface area (Å²) >= 11 is 0. The van der Waals surface area contributed by atoms with E-state index < -0.39 is 8.32 Å². The van der Waals surface area contributed by atoms with E-state index in [1.54, 1.807) is 0 Å². The summed E-state index contributed by atoms with van der Waals surface area (Å²) in [5, 5.41) is 0. The SMILES string of the molecule is CCO[SiH2]CCCCCCCCCCC(=O)O[Si](C)(C)C. The Morgan fingerprint density at radius 2 is 1.43 bits per heavy atom. The first kappa shape index (κ1) is 20.9. The number of hydrogen-bond acceptors (Lipinski definition) is 3. The van der Waals surface area contributed by atoms with Crippen LogP contribution in [0.1, 0.15) is 64.7 Å². The molecule has 0 heterocycles. The van der Waals surface area contributed by atoms with Gasteiger partial charge >= 0.3 is 0 Å². The van der Waals surface area contributed by atoms with Gasteiger partial charge in [0.2, 0.25) is 8.32 Å². The van der Waals surface area contributed by atoms with Crippen molar-refractivity contribution in [3.63, 3.8) is 0 Å². The Hall–Kier alpha value is -0.136. The van der Waals surface area contributed by atoms with Gasteiger partial charge in [-0.25, -0.2) is 0 Å². The van der Waals surface area contributed by atoms with Gasteiger partial charge < -0.3 is 8.85 Å². The maximum atomic E-state index is 11.5. The third-order valence-electron chi connectivity index (χ3n) is 3.29. The first-order valence-corrected chi connectivity index (χ1v) is 13.7. The summed E-state index contributed by atoms with van der Waals surface area (Å²) in [7, 11) is -1.88. The fraction of sp³-hybridized carbons (Fsp3) is 0.938. The predicted molar refractivity (Wildman–Crippen MR) is 96.0 cm³/mol. The summed E-state index contributed by atoms with van der Waals surface area (Å²) in [6, 6.07) is 1.34. The highest BCUT2D eigenvalue weighted by Crippen LogP contribution is 2.12. The van der Waals surface area contributed by atoms with E-state index in [1.165, 1.54) is 44.6 Å². The van der Waals surface area contributed by atoms with Crippen LogP contribution in [0.4, 0.5) is 0 Å². The molecule has 0 aromatic rings. The van der Waals surface area contributed by atoms with Gasteiger partial charge in [-0.3, -0.25) is 4.79 Å². The summed E-state index contributed by atoms with van der Waals surface area (Å²) < 4.78 is 10.9. The van der Waals surface area contributed by atoms with E-state index in [-0.39, 0.29) is 15.7 Å². The van der Waals surface area contributed by atoms with Crippen molar-refractivity contribution in [1.82, 2.24) is 0 Å². The Labute approximate surface area is 135 Å². The summed E-state index contributed by atoms with van der Waals surface area (Å²) in [6.07, 6.45) is 10.7. The molecule has 3 nitrogen and oxygen atoms in total. The maximum Gasteiger partial charge on any atom is 0.292 e. The molecule has 0 aromatic carbocycles. The van der Waals surface area contributed by atoms with Crippen LogP contribution in [-0.2, 0) is 13.6 Å². The largest absolute Gasteiger partial charge is 0.520 e. The Morgan fingerprint density at radius 3 is 1.95 bits per heavy atom. The lowest BCUT2D eigenvalue weighted by atomic mass is 10.1. The molecule has 126 valence electrons. The average molecular weight is 333 g/mol. The number of rotatable bonds is 14. The molecule has 0 aliphatic heterocycles. The van der Waals surface area contributed by atoms with E-state index in [1.807, 2.05) is 0 Å². The van der Waals surface area contributed by atoms with Crippen LogP contribution in [0.25, 0.3) is 0 Å². The molecule has 0 spiro atoms. The third kappa shape index (κ3) is 17.8. The molecule has 0 atom stereocenters. The molecule has 0 unspecified atom stereocenters. The number of unbranched alkanes of at least 4 members (excludes halogenated alkanes) is 7. The molecule has 0 bridgehead atoms. The Bertz CT molecular complexity index is 252. The summed E-state index contributed by atoms with van der Waals surface area (Å²) in [5.41, 5.74) is 0. The summed E-state index contributed by atoms with van der Waals surface area (Å²) in [5.74, 6) is 0.00707. The van der Waals surface area contributed by atoms with Crippen LogP contribution in [0.5, 0.6) is 0 Å². The van der Waals surface area contributed by atoms with E-state index in [2.05, 4.69) is 26.6 Å². The zero-order valence-electron chi connectivity index (χ0n) is 14.7. The van der Waals surface area contributed by atoms with Gasteiger partial charge in [-0.2, -0.15) is 0 Å². The van der Waals surface area contributed by atoms with Gasteiger partial charge in [0.1, 0.15) is 0 Å². The van der Waals surface area contributed by atoms with Gasteiger partial charge in [-0.05, 0) is 39.0 Å². The van der Waals surface area contributed by atoms with Crippen molar-refractivity contribution in [3.8, 4) is 0 Å². The van der Waals surface area contributed by atoms with Crippen molar-refractivity contribution in [3.05, 3.63) is 0 Å². The molecule has 0 saturated heterocycles. The van der Waals surface area contributed by atoms with Gasteiger partial charge in [0.15, 0.2) is 9.76 Å².